The van der Waals surface area contributed by atoms with E-state index in [0.717, 1.165) is 12.1 Å². The third-order valence-corrected chi connectivity index (χ3v) is 3.53. The van der Waals surface area contributed by atoms with Gasteiger partial charge in [0.25, 0.3) is 0 Å². The van der Waals surface area contributed by atoms with Crippen molar-refractivity contribution in [1.29, 1.82) is 0 Å². The van der Waals surface area contributed by atoms with Gasteiger partial charge in [-0.05, 0) is 40.2 Å². The van der Waals surface area contributed by atoms with Crippen molar-refractivity contribution >= 4 is 28.0 Å². The van der Waals surface area contributed by atoms with Gasteiger partial charge in [-0.2, -0.15) is 13.2 Å². The molecule has 0 aromatic heterocycles. The molecule has 0 saturated carbocycles. The van der Waals surface area contributed by atoms with E-state index in [1.54, 1.807) is 0 Å². The van der Waals surface area contributed by atoms with Crippen LogP contribution in [0.5, 0.6) is 11.5 Å². The fourth-order valence-corrected chi connectivity index (χ4v) is 2.16. The van der Waals surface area contributed by atoms with Crippen LogP contribution in [0.25, 0.3) is 0 Å². The summed E-state index contributed by atoms with van der Waals surface area (Å²) in [4.78, 5) is 10.5. The molecular formula is C14H6BrF6NO2. The SMILES string of the molecule is O=CNc1ccc(F)c(Br)c1Oc1c(F)cc(C(F)(F)F)cc1F. The number of amides is 1. The van der Waals surface area contributed by atoms with Crippen molar-refractivity contribution in [2.45, 2.75) is 6.18 Å². The van der Waals surface area contributed by atoms with Gasteiger partial charge in [0.2, 0.25) is 6.41 Å². The summed E-state index contributed by atoms with van der Waals surface area (Å²) in [5.74, 6) is -5.86. The van der Waals surface area contributed by atoms with E-state index in [1.807, 2.05) is 0 Å². The second-order valence-corrected chi connectivity index (χ2v) is 5.16. The Balaban J connectivity index is 2.53. The molecule has 0 aliphatic rings. The number of ether oxygens (including phenoxy) is 1. The first-order chi connectivity index (χ1) is 11.1. The number of hydrogen-bond acceptors (Lipinski definition) is 2. The highest BCUT2D eigenvalue weighted by Gasteiger charge is 2.33. The number of rotatable bonds is 4. The number of carbonyl (C=O) groups is 1. The maximum Gasteiger partial charge on any atom is 0.416 e. The average Bonchev–Trinajstić information content (AvgIpc) is 2.48. The van der Waals surface area contributed by atoms with Gasteiger partial charge >= 0.3 is 6.18 Å². The van der Waals surface area contributed by atoms with E-state index in [-0.39, 0.29) is 28.7 Å². The molecule has 1 N–H and O–H groups in total. The van der Waals surface area contributed by atoms with E-state index in [4.69, 9.17) is 4.74 Å². The van der Waals surface area contributed by atoms with Crippen molar-refractivity contribution in [3.8, 4) is 11.5 Å². The Kier molecular flexibility index (Phi) is 5.07. The zero-order chi connectivity index (χ0) is 18.1. The Hall–Kier alpha value is -2.23. The summed E-state index contributed by atoms with van der Waals surface area (Å²) in [7, 11) is 0. The first-order valence-electron chi connectivity index (χ1n) is 6.07. The van der Waals surface area contributed by atoms with Crippen LogP contribution in [0.4, 0.5) is 32.0 Å². The number of anilines is 1. The molecule has 2 aromatic carbocycles. The first kappa shape index (κ1) is 18.1. The Morgan fingerprint density at radius 2 is 1.58 bits per heavy atom. The predicted molar refractivity (Wildman–Crippen MR) is 75.2 cm³/mol. The van der Waals surface area contributed by atoms with Crippen molar-refractivity contribution in [3.63, 3.8) is 0 Å². The number of carbonyl (C=O) groups excluding carboxylic acids is 1. The Bertz CT molecular complexity index is 771. The zero-order valence-corrected chi connectivity index (χ0v) is 12.9. The van der Waals surface area contributed by atoms with Gasteiger partial charge in [-0.25, -0.2) is 13.2 Å². The fraction of sp³-hybridized carbons (Fsp3) is 0.0714. The van der Waals surface area contributed by atoms with Crippen molar-refractivity contribution < 1.29 is 35.9 Å². The molecule has 0 spiro atoms. The average molecular weight is 414 g/mol. The quantitative estimate of drug-likeness (QED) is 0.549. The van der Waals surface area contributed by atoms with Crippen LogP contribution in [0.1, 0.15) is 5.56 Å². The highest BCUT2D eigenvalue weighted by Crippen LogP contribution is 2.41. The summed E-state index contributed by atoms with van der Waals surface area (Å²) >= 11 is 2.77. The summed E-state index contributed by atoms with van der Waals surface area (Å²) in [5, 5.41) is 2.11. The highest BCUT2D eigenvalue weighted by molar-refractivity contribution is 9.10. The Morgan fingerprint density at radius 1 is 1.00 bits per heavy atom. The Labute approximate surface area is 139 Å². The molecular weight excluding hydrogens is 408 g/mol. The van der Waals surface area contributed by atoms with Crippen LogP contribution >= 0.6 is 15.9 Å². The summed E-state index contributed by atoms with van der Waals surface area (Å²) in [6.07, 6.45) is -4.75. The van der Waals surface area contributed by atoms with E-state index < -0.39 is 40.7 Å². The predicted octanol–water partition coefficient (Wildman–Crippen LogP) is 5.25. The van der Waals surface area contributed by atoms with Gasteiger partial charge < -0.3 is 10.1 Å². The van der Waals surface area contributed by atoms with Crippen LogP contribution in [0.3, 0.4) is 0 Å². The van der Waals surface area contributed by atoms with Gasteiger partial charge in [0.15, 0.2) is 23.1 Å². The van der Waals surface area contributed by atoms with Crippen LogP contribution < -0.4 is 10.1 Å². The first-order valence-corrected chi connectivity index (χ1v) is 6.86. The minimum atomic E-state index is -4.95. The van der Waals surface area contributed by atoms with Crippen LogP contribution in [-0.4, -0.2) is 6.41 Å². The molecule has 0 saturated heterocycles. The molecule has 3 nitrogen and oxygen atoms in total. The fourth-order valence-electron chi connectivity index (χ4n) is 1.73. The summed E-state index contributed by atoms with van der Waals surface area (Å²) in [6.45, 7) is 0. The molecule has 2 aromatic rings. The molecule has 128 valence electrons. The Morgan fingerprint density at radius 3 is 2.08 bits per heavy atom. The maximum absolute atomic E-state index is 13.8. The molecule has 1 amide bonds. The minimum Gasteiger partial charge on any atom is -0.448 e. The standard InChI is InChI=1S/C14H6BrF6NO2/c15-11-7(16)1-2-10(22-5-23)13(11)24-12-8(17)3-6(4-9(12)18)14(19,20)21/h1-5H,(H,22,23). The van der Waals surface area contributed by atoms with E-state index in [1.165, 1.54) is 0 Å². The molecule has 0 heterocycles. The molecule has 0 atom stereocenters. The van der Waals surface area contributed by atoms with E-state index in [9.17, 15) is 31.1 Å². The van der Waals surface area contributed by atoms with E-state index in [2.05, 4.69) is 21.2 Å². The van der Waals surface area contributed by atoms with E-state index >= 15 is 0 Å². The largest absolute Gasteiger partial charge is 0.448 e. The number of nitrogens with one attached hydrogen (secondary N) is 1. The van der Waals surface area contributed by atoms with Crippen LogP contribution in [-0.2, 0) is 11.0 Å². The number of benzene rings is 2. The lowest BCUT2D eigenvalue weighted by Gasteiger charge is -2.15. The molecule has 0 bridgehead atoms. The lowest BCUT2D eigenvalue weighted by atomic mass is 10.2. The van der Waals surface area contributed by atoms with Gasteiger partial charge in [-0.3, -0.25) is 4.79 Å². The smallest absolute Gasteiger partial charge is 0.416 e. The van der Waals surface area contributed by atoms with Gasteiger partial charge in [-0.1, -0.05) is 0 Å². The maximum atomic E-state index is 13.8. The second-order valence-electron chi connectivity index (χ2n) is 4.37. The van der Waals surface area contributed by atoms with Crippen LogP contribution in [0.2, 0.25) is 0 Å². The molecule has 2 rings (SSSR count). The van der Waals surface area contributed by atoms with E-state index in [0.29, 0.717) is 0 Å². The lowest BCUT2D eigenvalue weighted by Crippen LogP contribution is -2.07. The minimum absolute atomic E-state index is 0.0401. The summed E-state index contributed by atoms with van der Waals surface area (Å²) in [5.41, 5.74) is -1.70. The monoisotopic (exact) mass is 413 g/mol. The molecule has 0 aliphatic carbocycles. The molecule has 10 heteroatoms. The number of halogens is 7. The second kappa shape index (κ2) is 6.71. The van der Waals surface area contributed by atoms with Gasteiger partial charge in [0.05, 0.1) is 15.7 Å². The summed E-state index contributed by atoms with van der Waals surface area (Å²) in [6, 6.07) is 2.06. The third-order valence-electron chi connectivity index (χ3n) is 2.79. The molecule has 0 aliphatic heterocycles. The third kappa shape index (κ3) is 3.64. The molecule has 0 fully saturated rings. The normalized spacial score (nSPS) is 11.3. The lowest BCUT2D eigenvalue weighted by molar-refractivity contribution is -0.138. The van der Waals surface area contributed by atoms with Crippen molar-refractivity contribution in [2.75, 3.05) is 5.32 Å². The van der Waals surface area contributed by atoms with Gasteiger partial charge in [0, 0.05) is 0 Å². The number of hydrogen-bond donors (Lipinski definition) is 1. The highest BCUT2D eigenvalue weighted by atomic mass is 79.9. The van der Waals surface area contributed by atoms with Crippen molar-refractivity contribution in [1.82, 2.24) is 0 Å². The van der Waals surface area contributed by atoms with Crippen LogP contribution in [0, 0.1) is 17.5 Å². The van der Waals surface area contributed by atoms with Gasteiger partial charge in [0.1, 0.15) is 5.82 Å². The topological polar surface area (TPSA) is 38.3 Å². The molecule has 24 heavy (non-hydrogen) atoms. The van der Waals surface area contributed by atoms with Gasteiger partial charge in [-0.15, -0.1) is 0 Å². The van der Waals surface area contributed by atoms with Crippen molar-refractivity contribution in [3.05, 3.63) is 51.8 Å². The molecule has 0 unspecified atom stereocenters. The van der Waals surface area contributed by atoms with Crippen LogP contribution in [0.15, 0.2) is 28.7 Å². The molecule has 0 radical (unpaired) electrons. The summed E-state index contributed by atoms with van der Waals surface area (Å²) < 4.78 is 83.2. The van der Waals surface area contributed by atoms with Crippen molar-refractivity contribution in [2.24, 2.45) is 0 Å². The number of alkyl halides is 3. The zero-order valence-electron chi connectivity index (χ0n) is 11.3.